The van der Waals surface area contributed by atoms with E-state index >= 15 is 0 Å². The van der Waals surface area contributed by atoms with Gasteiger partial charge in [-0.05, 0) is 61.7 Å². The van der Waals surface area contributed by atoms with Gasteiger partial charge in [0.2, 0.25) is 0 Å². The summed E-state index contributed by atoms with van der Waals surface area (Å²) < 4.78 is 0. The van der Waals surface area contributed by atoms with E-state index in [9.17, 15) is 5.11 Å². The highest BCUT2D eigenvalue weighted by Gasteiger charge is 2.48. The molecule has 3 aliphatic carbocycles. The fourth-order valence-corrected chi connectivity index (χ4v) is 4.44. The molecule has 0 aromatic carbocycles. The van der Waals surface area contributed by atoms with Crippen molar-refractivity contribution < 1.29 is 5.11 Å². The van der Waals surface area contributed by atoms with E-state index < -0.39 is 0 Å². The fourth-order valence-electron chi connectivity index (χ4n) is 4.44. The molecule has 1 nitrogen and oxygen atoms in total. The van der Waals surface area contributed by atoms with Crippen LogP contribution in [0.15, 0.2) is 0 Å². The van der Waals surface area contributed by atoms with Gasteiger partial charge in [0.15, 0.2) is 0 Å². The van der Waals surface area contributed by atoms with Crippen molar-refractivity contribution in [2.45, 2.75) is 64.4 Å². The standard InChI is InChI=1S/C15H26O/c1-2-10-4-3-5-11(6-10)15(16)14-8-12-7-13(12)9-14/h10-16H,2-9H2,1H3. The van der Waals surface area contributed by atoms with Crippen LogP contribution >= 0.6 is 0 Å². The lowest BCUT2D eigenvalue weighted by molar-refractivity contribution is 0.0197. The van der Waals surface area contributed by atoms with Crippen molar-refractivity contribution in [3.05, 3.63) is 0 Å². The third kappa shape index (κ3) is 2.03. The molecule has 0 spiro atoms. The summed E-state index contributed by atoms with van der Waals surface area (Å²) in [6.45, 7) is 2.31. The smallest absolute Gasteiger partial charge is 0.0596 e. The average Bonchev–Trinajstić information content (AvgIpc) is 2.95. The third-order valence-electron chi connectivity index (χ3n) is 5.65. The predicted octanol–water partition coefficient (Wildman–Crippen LogP) is 3.61. The molecule has 3 saturated carbocycles. The Bertz CT molecular complexity index is 240. The molecule has 92 valence electrons. The molecule has 0 saturated heterocycles. The van der Waals surface area contributed by atoms with Crippen LogP contribution in [0, 0.1) is 29.6 Å². The SMILES string of the molecule is CCC1CCCC(C(O)C2CC3CC3C2)C1. The van der Waals surface area contributed by atoms with Gasteiger partial charge in [0, 0.05) is 0 Å². The van der Waals surface area contributed by atoms with E-state index in [0.29, 0.717) is 11.8 Å². The van der Waals surface area contributed by atoms with Crippen molar-refractivity contribution in [1.29, 1.82) is 0 Å². The highest BCUT2D eigenvalue weighted by atomic mass is 16.3. The van der Waals surface area contributed by atoms with Crippen LogP contribution in [0.25, 0.3) is 0 Å². The van der Waals surface area contributed by atoms with Crippen molar-refractivity contribution >= 4 is 0 Å². The summed E-state index contributed by atoms with van der Waals surface area (Å²) in [5.74, 6) is 4.25. The van der Waals surface area contributed by atoms with Gasteiger partial charge in [-0.2, -0.15) is 0 Å². The number of fused-ring (bicyclic) bond motifs is 1. The van der Waals surface area contributed by atoms with Crippen molar-refractivity contribution in [2.24, 2.45) is 29.6 Å². The molecule has 0 amide bonds. The van der Waals surface area contributed by atoms with Gasteiger partial charge in [0.25, 0.3) is 0 Å². The minimum Gasteiger partial charge on any atom is -0.393 e. The van der Waals surface area contributed by atoms with Crippen LogP contribution in [-0.2, 0) is 0 Å². The van der Waals surface area contributed by atoms with Crippen molar-refractivity contribution in [3.8, 4) is 0 Å². The molecule has 1 heteroatoms. The molecule has 3 rings (SSSR count). The second-order valence-electron chi connectivity index (χ2n) is 6.68. The first-order valence-corrected chi connectivity index (χ1v) is 7.46. The van der Waals surface area contributed by atoms with E-state index in [1.807, 2.05) is 0 Å². The lowest BCUT2D eigenvalue weighted by Gasteiger charge is -2.34. The quantitative estimate of drug-likeness (QED) is 0.773. The Hall–Kier alpha value is -0.0400. The lowest BCUT2D eigenvalue weighted by atomic mass is 9.74. The molecule has 0 aliphatic heterocycles. The van der Waals surface area contributed by atoms with Crippen molar-refractivity contribution in [2.75, 3.05) is 0 Å². The van der Waals surface area contributed by atoms with E-state index in [2.05, 4.69) is 6.92 Å². The predicted molar refractivity (Wildman–Crippen MR) is 66.1 cm³/mol. The second-order valence-corrected chi connectivity index (χ2v) is 6.68. The lowest BCUT2D eigenvalue weighted by Crippen LogP contribution is -2.32. The summed E-state index contributed by atoms with van der Waals surface area (Å²) in [6, 6.07) is 0. The maximum Gasteiger partial charge on any atom is 0.0596 e. The molecular formula is C15H26O. The van der Waals surface area contributed by atoms with E-state index in [-0.39, 0.29) is 6.10 Å². The highest BCUT2D eigenvalue weighted by Crippen LogP contribution is 2.56. The molecule has 0 aromatic heterocycles. The monoisotopic (exact) mass is 222 g/mol. The van der Waals surface area contributed by atoms with Gasteiger partial charge in [-0.25, -0.2) is 0 Å². The van der Waals surface area contributed by atoms with E-state index in [0.717, 1.165) is 17.8 Å². The molecule has 0 heterocycles. The van der Waals surface area contributed by atoms with E-state index in [1.165, 1.54) is 51.4 Å². The van der Waals surface area contributed by atoms with Gasteiger partial charge >= 0.3 is 0 Å². The zero-order valence-electron chi connectivity index (χ0n) is 10.6. The first-order valence-electron chi connectivity index (χ1n) is 7.46. The number of aliphatic hydroxyl groups excluding tert-OH is 1. The van der Waals surface area contributed by atoms with Crippen LogP contribution in [0.3, 0.4) is 0 Å². The fraction of sp³-hybridized carbons (Fsp3) is 1.00. The van der Waals surface area contributed by atoms with Crippen LogP contribution < -0.4 is 0 Å². The largest absolute Gasteiger partial charge is 0.393 e. The van der Waals surface area contributed by atoms with Gasteiger partial charge in [0.1, 0.15) is 0 Å². The summed E-state index contributed by atoms with van der Waals surface area (Å²) in [7, 11) is 0. The molecule has 3 aliphatic rings. The first-order chi connectivity index (χ1) is 7.78. The molecular weight excluding hydrogens is 196 g/mol. The van der Waals surface area contributed by atoms with Gasteiger partial charge in [-0.1, -0.05) is 26.2 Å². The summed E-state index contributed by atoms with van der Waals surface area (Å²) in [5.41, 5.74) is 0. The van der Waals surface area contributed by atoms with Crippen molar-refractivity contribution in [1.82, 2.24) is 0 Å². The Morgan fingerprint density at radius 3 is 2.44 bits per heavy atom. The summed E-state index contributed by atoms with van der Waals surface area (Å²) in [5, 5.41) is 10.5. The van der Waals surface area contributed by atoms with Crippen molar-refractivity contribution in [3.63, 3.8) is 0 Å². The Balaban J connectivity index is 1.55. The van der Waals surface area contributed by atoms with E-state index in [4.69, 9.17) is 0 Å². The normalized spacial score (nSPS) is 48.8. The number of hydrogen-bond acceptors (Lipinski definition) is 1. The molecule has 1 N–H and O–H groups in total. The number of aliphatic hydroxyl groups is 1. The molecule has 5 atom stereocenters. The molecule has 0 bridgehead atoms. The van der Waals surface area contributed by atoms with Gasteiger partial charge in [-0.15, -0.1) is 0 Å². The Morgan fingerprint density at radius 2 is 1.75 bits per heavy atom. The summed E-state index contributed by atoms with van der Waals surface area (Å²) in [4.78, 5) is 0. The van der Waals surface area contributed by atoms with Gasteiger partial charge < -0.3 is 5.11 Å². The Kier molecular flexibility index (Phi) is 2.99. The molecule has 5 unspecified atom stereocenters. The van der Waals surface area contributed by atoms with Gasteiger partial charge in [0.05, 0.1) is 6.10 Å². The minimum atomic E-state index is 0.0437. The number of rotatable bonds is 3. The highest BCUT2D eigenvalue weighted by molar-refractivity contribution is 4.99. The van der Waals surface area contributed by atoms with Crippen LogP contribution in [0.4, 0.5) is 0 Å². The van der Waals surface area contributed by atoms with Crippen LogP contribution in [0.1, 0.15) is 58.3 Å². The Morgan fingerprint density at radius 1 is 1.00 bits per heavy atom. The average molecular weight is 222 g/mol. The summed E-state index contributed by atoms with van der Waals surface area (Å²) in [6.07, 6.45) is 10.9. The molecule has 3 fully saturated rings. The Labute approximate surface area is 99.6 Å². The van der Waals surface area contributed by atoms with Gasteiger partial charge in [-0.3, -0.25) is 0 Å². The maximum absolute atomic E-state index is 10.5. The van der Waals surface area contributed by atoms with Crippen LogP contribution in [0.2, 0.25) is 0 Å². The second kappa shape index (κ2) is 4.33. The van der Waals surface area contributed by atoms with Crippen LogP contribution in [0.5, 0.6) is 0 Å². The topological polar surface area (TPSA) is 20.2 Å². The first kappa shape index (κ1) is 11.1. The van der Waals surface area contributed by atoms with E-state index in [1.54, 1.807) is 0 Å². The zero-order valence-corrected chi connectivity index (χ0v) is 10.6. The zero-order chi connectivity index (χ0) is 11.1. The summed E-state index contributed by atoms with van der Waals surface area (Å²) >= 11 is 0. The molecule has 0 radical (unpaired) electrons. The third-order valence-corrected chi connectivity index (χ3v) is 5.65. The van der Waals surface area contributed by atoms with Crippen LogP contribution in [-0.4, -0.2) is 11.2 Å². The maximum atomic E-state index is 10.5. The minimum absolute atomic E-state index is 0.0437. The molecule has 16 heavy (non-hydrogen) atoms. The number of hydrogen-bond donors (Lipinski definition) is 1. The molecule has 0 aromatic rings.